The predicted octanol–water partition coefficient (Wildman–Crippen LogP) is 8.20. The standard InChI is InChI=1S/C29H38F2N2/c1-3-5-7-9-10-24-17-21-27(29(31)28(24)30)23-15-12-22(13-16-23)14-18-26-20-19-25(32-33-26)11-8-6-4-2/h4,6,15,17,19-22H,3,5,7-14,16,18H2,1-2H3. The van der Waals surface area contributed by atoms with Crippen molar-refractivity contribution >= 4 is 5.57 Å². The minimum atomic E-state index is -0.669. The normalized spacial score (nSPS) is 16.4. The van der Waals surface area contributed by atoms with Gasteiger partial charge in [-0.2, -0.15) is 10.2 Å². The number of rotatable bonds is 12. The lowest BCUT2D eigenvalue weighted by Gasteiger charge is -2.22. The average Bonchev–Trinajstić information content (AvgIpc) is 2.84. The number of nitrogens with zero attached hydrogens (tertiary/aromatic N) is 2. The van der Waals surface area contributed by atoms with Crippen molar-refractivity contribution in [3.05, 3.63) is 76.6 Å². The fraction of sp³-hybridized carbons (Fsp3) is 0.517. The van der Waals surface area contributed by atoms with Gasteiger partial charge in [-0.15, -0.1) is 0 Å². The van der Waals surface area contributed by atoms with Crippen LogP contribution < -0.4 is 0 Å². The molecule has 1 atom stereocenters. The second-order valence-corrected chi connectivity index (χ2v) is 9.24. The summed E-state index contributed by atoms with van der Waals surface area (Å²) in [7, 11) is 0. The van der Waals surface area contributed by atoms with E-state index in [9.17, 15) is 8.78 Å². The van der Waals surface area contributed by atoms with Crippen LogP contribution in [0.4, 0.5) is 8.78 Å². The number of halogens is 2. The second kappa shape index (κ2) is 13.4. The Labute approximate surface area is 198 Å². The molecule has 0 radical (unpaired) electrons. The lowest BCUT2D eigenvalue weighted by atomic mass is 9.83. The molecular formula is C29H38F2N2. The first-order valence-electron chi connectivity index (χ1n) is 12.7. The van der Waals surface area contributed by atoms with Gasteiger partial charge in [0.1, 0.15) is 0 Å². The molecule has 1 unspecified atom stereocenters. The van der Waals surface area contributed by atoms with Crippen molar-refractivity contribution in [1.29, 1.82) is 0 Å². The summed E-state index contributed by atoms with van der Waals surface area (Å²) in [6.07, 6.45) is 17.8. The maximum atomic E-state index is 14.8. The van der Waals surface area contributed by atoms with Crippen LogP contribution in [0.1, 0.15) is 94.1 Å². The molecule has 0 fully saturated rings. The number of hydrogen-bond acceptors (Lipinski definition) is 2. The molecule has 0 saturated heterocycles. The number of benzene rings is 1. The van der Waals surface area contributed by atoms with Crippen LogP contribution in [-0.2, 0) is 19.3 Å². The second-order valence-electron chi connectivity index (χ2n) is 9.24. The molecule has 2 nitrogen and oxygen atoms in total. The Morgan fingerprint density at radius 3 is 2.39 bits per heavy atom. The van der Waals surface area contributed by atoms with E-state index in [0.717, 1.165) is 87.6 Å². The van der Waals surface area contributed by atoms with Gasteiger partial charge in [0.25, 0.3) is 0 Å². The molecule has 0 aliphatic heterocycles. The average molecular weight is 453 g/mol. The zero-order chi connectivity index (χ0) is 23.5. The van der Waals surface area contributed by atoms with Gasteiger partial charge < -0.3 is 0 Å². The maximum absolute atomic E-state index is 14.8. The van der Waals surface area contributed by atoms with Crippen molar-refractivity contribution in [1.82, 2.24) is 10.2 Å². The van der Waals surface area contributed by atoms with Crippen LogP contribution in [0.3, 0.4) is 0 Å². The fourth-order valence-electron chi connectivity index (χ4n) is 4.57. The van der Waals surface area contributed by atoms with Crippen LogP contribution >= 0.6 is 0 Å². The molecule has 1 aromatic heterocycles. The van der Waals surface area contributed by atoms with E-state index < -0.39 is 11.6 Å². The van der Waals surface area contributed by atoms with Crippen molar-refractivity contribution in [2.45, 2.75) is 90.9 Å². The van der Waals surface area contributed by atoms with Gasteiger partial charge in [0, 0.05) is 5.56 Å². The van der Waals surface area contributed by atoms with Crippen LogP contribution in [0.5, 0.6) is 0 Å². The molecule has 1 aliphatic rings. The third kappa shape index (κ3) is 7.58. The van der Waals surface area contributed by atoms with E-state index in [1.54, 1.807) is 12.1 Å². The zero-order valence-corrected chi connectivity index (χ0v) is 20.3. The van der Waals surface area contributed by atoms with Gasteiger partial charge in [0.05, 0.1) is 11.4 Å². The molecular weight excluding hydrogens is 414 g/mol. The smallest absolute Gasteiger partial charge is 0.166 e. The lowest BCUT2D eigenvalue weighted by Crippen LogP contribution is -2.09. The van der Waals surface area contributed by atoms with Crippen molar-refractivity contribution in [3.63, 3.8) is 0 Å². The summed E-state index contributed by atoms with van der Waals surface area (Å²) in [5.41, 5.74) is 3.97. The molecule has 0 bridgehead atoms. The number of aromatic nitrogens is 2. The SMILES string of the molecule is CC=CCCc1ccc(CCC2CC=C(c3ccc(CCCCCC)c(F)c3F)CC2)nn1. The number of aryl methyl sites for hydroxylation is 3. The minimum Gasteiger partial charge on any atom is -0.203 e. The molecule has 0 saturated carbocycles. The first kappa shape index (κ1) is 25.3. The molecule has 1 aliphatic carbocycles. The van der Waals surface area contributed by atoms with E-state index in [2.05, 4.69) is 47.5 Å². The van der Waals surface area contributed by atoms with Gasteiger partial charge in [0.15, 0.2) is 11.6 Å². The Morgan fingerprint density at radius 1 is 0.939 bits per heavy atom. The van der Waals surface area contributed by atoms with Crippen molar-refractivity contribution in [2.24, 2.45) is 5.92 Å². The molecule has 4 heteroatoms. The highest BCUT2D eigenvalue weighted by Gasteiger charge is 2.20. The lowest BCUT2D eigenvalue weighted by molar-refractivity contribution is 0.445. The summed E-state index contributed by atoms with van der Waals surface area (Å²) in [6.45, 7) is 4.18. The molecule has 2 aromatic rings. The van der Waals surface area contributed by atoms with Gasteiger partial charge in [0.2, 0.25) is 0 Å². The molecule has 0 amide bonds. The molecule has 33 heavy (non-hydrogen) atoms. The highest BCUT2D eigenvalue weighted by atomic mass is 19.2. The van der Waals surface area contributed by atoms with Crippen molar-refractivity contribution in [3.8, 4) is 0 Å². The van der Waals surface area contributed by atoms with Crippen LogP contribution in [0.2, 0.25) is 0 Å². The number of unbranched alkanes of at least 4 members (excludes halogenated alkanes) is 3. The van der Waals surface area contributed by atoms with E-state index >= 15 is 0 Å². The van der Waals surface area contributed by atoms with Crippen molar-refractivity contribution in [2.75, 3.05) is 0 Å². The number of allylic oxidation sites excluding steroid dienone is 4. The molecule has 1 aromatic carbocycles. The first-order valence-corrected chi connectivity index (χ1v) is 12.7. The molecule has 1 heterocycles. The largest absolute Gasteiger partial charge is 0.203 e. The maximum Gasteiger partial charge on any atom is 0.166 e. The monoisotopic (exact) mass is 452 g/mol. The first-order chi connectivity index (χ1) is 16.1. The van der Waals surface area contributed by atoms with E-state index in [4.69, 9.17) is 0 Å². The summed E-state index contributed by atoms with van der Waals surface area (Å²) in [5, 5.41) is 8.73. The van der Waals surface area contributed by atoms with E-state index in [1.807, 2.05) is 6.92 Å². The number of hydrogen-bond donors (Lipinski definition) is 0. The van der Waals surface area contributed by atoms with Gasteiger partial charge in [-0.1, -0.05) is 56.5 Å². The third-order valence-electron chi connectivity index (χ3n) is 6.71. The topological polar surface area (TPSA) is 25.8 Å². The Kier molecular flexibility index (Phi) is 10.2. The van der Waals surface area contributed by atoms with Crippen LogP contribution in [0.25, 0.3) is 5.57 Å². The summed E-state index contributed by atoms with van der Waals surface area (Å²) < 4.78 is 29.4. The van der Waals surface area contributed by atoms with Crippen molar-refractivity contribution < 1.29 is 8.78 Å². The fourth-order valence-corrected chi connectivity index (χ4v) is 4.57. The Morgan fingerprint density at radius 2 is 1.73 bits per heavy atom. The van der Waals surface area contributed by atoms with E-state index in [1.165, 1.54) is 0 Å². The highest BCUT2D eigenvalue weighted by Crippen LogP contribution is 2.34. The molecule has 0 N–H and O–H groups in total. The molecule has 178 valence electrons. The van der Waals surface area contributed by atoms with Gasteiger partial charge >= 0.3 is 0 Å². The summed E-state index contributed by atoms with van der Waals surface area (Å²) in [5.74, 6) is -0.770. The third-order valence-corrected chi connectivity index (χ3v) is 6.71. The van der Waals surface area contributed by atoms with Crippen LogP contribution in [0, 0.1) is 17.6 Å². The summed E-state index contributed by atoms with van der Waals surface area (Å²) in [6, 6.07) is 7.74. The van der Waals surface area contributed by atoms with Gasteiger partial charge in [-0.05, 0) is 93.9 Å². The van der Waals surface area contributed by atoms with Crippen LogP contribution in [0.15, 0.2) is 42.5 Å². The van der Waals surface area contributed by atoms with E-state index in [0.29, 0.717) is 23.5 Å². The predicted molar refractivity (Wildman–Crippen MR) is 133 cm³/mol. The minimum absolute atomic E-state index is 0.447. The summed E-state index contributed by atoms with van der Waals surface area (Å²) >= 11 is 0. The summed E-state index contributed by atoms with van der Waals surface area (Å²) in [4.78, 5) is 0. The van der Waals surface area contributed by atoms with Crippen LogP contribution in [-0.4, -0.2) is 10.2 Å². The zero-order valence-electron chi connectivity index (χ0n) is 20.3. The van der Waals surface area contributed by atoms with E-state index in [-0.39, 0.29) is 0 Å². The Balaban J connectivity index is 1.50. The van der Waals surface area contributed by atoms with Gasteiger partial charge in [-0.25, -0.2) is 8.78 Å². The molecule has 0 spiro atoms. The van der Waals surface area contributed by atoms with Gasteiger partial charge in [-0.3, -0.25) is 0 Å². The highest BCUT2D eigenvalue weighted by molar-refractivity contribution is 5.67. The Bertz CT molecular complexity index is 931. The Hall–Kier alpha value is -2.36. The quantitative estimate of drug-likeness (QED) is 0.239. The molecule has 3 rings (SSSR count).